The highest BCUT2D eigenvalue weighted by atomic mass is 32.2. The molecule has 18 heavy (non-hydrogen) atoms. The molecule has 0 aromatic heterocycles. The molecule has 5 nitrogen and oxygen atoms in total. The summed E-state index contributed by atoms with van der Waals surface area (Å²) in [5.74, 6) is 0.501. The van der Waals surface area contributed by atoms with Crippen molar-refractivity contribution in [1.82, 2.24) is 0 Å². The fourth-order valence-electron chi connectivity index (χ4n) is 1.68. The molecule has 0 aliphatic carbocycles. The topological polar surface area (TPSA) is 72.8 Å². The van der Waals surface area contributed by atoms with E-state index in [2.05, 4.69) is 0 Å². The summed E-state index contributed by atoms with van der Waals surface area (Å²) >= 11 is 0. The lowest BCUT2D eigenvalue weighted by atomic mass is 10.0. The van der Waals surface area contributed by atoms with Crippen molar-refractivity contribution in [1.29, 1.82) is 0 Å². The van der Waals surface area contributed by atoms with Crippen LogP contribution in [0.25, 0.3) is 0 Å². The lowest BCUT2D eigenvalue weighted by Gasteiger charge is -2.17. The van der Waals surface area contributed by atoms with Crippen molar-refractivity contribution in [2.24, 2.45) is 0 Å². The van der Waals surface area contributed by atoms with Gasteiger partial charge >= 0.3 is 0 Å². The third-order valence-electron chi connectivity index (χ3n) is 2.72. The van der Waals surface area contributed by atoms with Crippen LogP contribution in [-0.4, -0.2) is 40.6 Å². The van der Waals surface area contributed by atoms with Gasteiger partial charge in [0, 0.05) is 24.8 Å². The standard InChI is InChI=1S/C12H18O5S/c1-8(7-13)9-5-10(16-2)11(17-3)6-12(9)18(4,14)15/h5-6,8,13H,7H2,1-4H3. The summed E-state index contributed by atoms with van der Waals surface area (Å²) in [6, 6.07) is 3.02. The van der Waals surface area contributed by atoms with Crippen LogP contribution in [0.15, 0.2) is 17.0 Å². The van der Waals surface area contributed by atoms with Crippen molar-refractivity contribution in [3.8, 4) is 11.5 Å². The Morgan fingerprint density at radius 1 is 1.22 bits per heavy atom. The Hall–Kier alpha value is -1.27. The van der Waals surface area contributed by atoms with E-state index in [-0.39, 0.29) is 17.4 Å². The van der Waals surface area contributed by atoms with Gasteiger partial charge in [0.2, 0.25) is 0 Å². The molecule has 0 spiro atoms. The molecule has 1 aromatic carbocycles. The summed E-state index contributed by atoms with van der Waals surface area (Å²) in [5.41, 5.74) is 0.526. The molecule has 0 fully saturated rings. The number of benzene rings is 1. The fraction of sp³-hybridized carbons (Fsp3) is 0.500. The molecular weight excluding hydrogens is 256 g/mol. The van der Waals surface area contributed by atoms with Crippen molar-refractivity contribution in [3.63, 3.8) is 0 Å². The summed E-state index contributed by atoms with van der Waals surface area (Å²) in [6.07, 6.45) is 1.13. The maximum atomic E-state index is 11.8. The normalized spacial score (nSPS) is 13.2. The Morgan fingerprint density at radius 3 is 2.11 bits per heavy atom. The quantitative estimate of drug-likeness (QED) is 0.873. The third-order valence-corrected chi connectivity index (χ3v) is 3.87. The van der Waals surface area contributed by atoms with Crippen molar-refractivity contribution in [2.75, 3.05) is 27.1 Å². The molecule has 0 heterocycles. The molecular formula is C12H18O5S. The van der Waals surface area contributed by atoms with E-state index in [9.17, 15) is 13.5 Å². The molecule has 102 valence electrons. The van der Waals surface area contributed by atoms with Crippen LogP contribution < -0.4 is 9.47 Å². The zero-order chi connectivity index (χ0) is 13.9. The molecule has 1 rings (SSSR count). The maximum Gasteiger partial charge on any atom is 0.175 e. The molecule has 0 amide bonds. The van der Waals surface area contributed by atoms with E-state index >= 15 is 0 Å². The predicted molar refractivity (Wildman–Crippen MR) is 68.2 cm³/mol. The summed E-state index contributed by atoms with van der Waals surface area (Å²) in [6.45, 7) is 1.61. The van der Waals surface area contributed by atoms with E-state index in [1.807, 2.05) is 0 Å². The van der Waals surface area contributed by atoms with E-state index in [1.165, 1.54) is 20.3 Å². The Bertz CT molecular complexity index is 522. The smallest absolute Gasteiger partial charge is 0.175 e. The SMILES string of the molecule is COc1cc(C(C)CO)c(S(C)(=O)=O)cc1OC. The number of aliphatic hydroxyl groups excluding tert-OH is 1. The van der Waals surface area contributed by atoms with Crippen molar-refractivity contribution in [2.45, 2.75) is 17.7 Å². The number of hydrogen-bond donors (Lipinski definition) is 1. The van der Waals surface area contributed by atoms with Gasteiger partial charge in [0.05, 0.1) is 19.1 Å². The first-order valence-electron chi connectivity index (χ1n) is 5.42. The molecule has 1 aromatic rings. The molecule has 1 atom stereocenters. The average molecular weight is 274 g/mol. The van der Waals surface area contributed by atoms with Gasteiger partial charge in [-0.25, -0.2) is 8.42 Å². The van der Waals surface area contributed by atoms with Crippen LogP contribution in [-0.2, 0) is 9.84 Å². The van der Waals surface area contributed by atoms with Gasteiger partial charge in [0.1, 0.15) is 0 Å². The summed E-state index contributed by atoms with van der Waals surface area (Å²) in [4.78, 5) is 0.154. The predicted octanol–water partition coefficient (Wildman–Crippen LogP) is 1.20. The summed E-state index contributed by atoms with van der Waals surface area (Å²) in [7, 11) is -0.472. The second-order valence-electron chi connectivity index (χ2n) is 4.10. The molecule has 0 bridgehead atoms. The van der Waals surface area contributed by atoms with Gasteiger partial charge in [-0.1, -0.05) is 6.92 Å². The van der Waals surface area contributed by atoms with E-state index in [0.717, 1.165) is 6.26 Å². The van der Waals surface area contributed by atoms with Gasteiger partial charge in [-0.15, -0.1) is 0 Å². The minimum absolute atomic E-state index is 0.141. The lowest BCUT2D eigenvalue weighted by Crippen LogP contribution is -2.09. The summed E-state index contributed by atoms with van der Waals surface area (Å²) in [5, 5.41) is 9.20. The maximum absolute atomic E-state index is 11.8. The van der Waals surface area contributed by atoms with Crippen LogP contribution in [0.1, 0.15) is 18.4 Å². The average Bonchev–Trinajstić information content (AvgIpc) is 2.34. The van der Waals surface area contributed by atoms with E-state index in [1.54, 1.807) is 13.0 Å². The Balaban J connectivity index is 3.56. The Labute approximate surface area is 107 Å². The highest BCUT2D eigenvalue weighted by Crippen LogP contribution is 2.35. The largest absolute Gasteiger partial charge is 0.493 e. The Morgan fingerprint density at radius 2 is 1.72 bits per heavy atom. The van der Waals surface area contributed by atoms with Gasteiger partial charge in [0.25, 0.3) is 0 Å². The molecule has 0 radical (unpaired) electrons. The van der Waals surface area contributed by atoms with Crippen LogP contribution in [0.2, 0.25) is 0 Å². The molecule has 0 aliphatic heterocycles. The van der Waals surface area contributed by atoms with Gasteiger partial charge in [-0.3, -0.25) is 0 Å². The summed E-state index contributed by atoms with van der Waals surface area (Å²) < 4.78 is 33.8. The first-order chi connectivity index (χ1) is 8.35. The van der Waals surface area contributed by atoms with Crippen LogP contribution in [0.5, 0.6) is 11.5 Å². The van der Waals surface area contributed by atoms with E-state index in [0.29, 0.717) is 17.1 Å². The van der Waals surface area contributed by atoms with Crippen LogP contribution >= 0.6 is 0 Å². The van der Waals surface area contributed by atoms with Crippen LogP contribution in [0, 0.1) is 0 Å². The second-order valence-corrected chi connectivity index (χ2v) is 6.08. The van der Waals surface area contributed by atoms with E-state index < -0.39 is 9.84 Å². The van der Waals surface area contributed by atoms with Crippen LogP contribution in [0.4, 0.5) is 0 Å². The highest BCUT2D eigenvalue weighted by Gasteiger charge is 2.21. The minimum atomic E-state index is -3.39. The van der Waals surface area contributed by atoms with Gasteiger partial charge < -0.3 is 14.6 Å². The molecule has 1 unspecified atom stereocenters. The number of sulfone groups is 1. The van der Waals surface area contributed by atoms with E-state index in [4.69, 9.17) is 9.47 Å². The molecule has 6 heteroatoms. The second kappa shape index (κ2) is 5.58. The molecule has 0 saturated heterocycles. The number of ether oxygens (including phenoxy) is 2. The highest BCUT2D eigenvalue weighted by molar-refractivity contribution is 7.90. The fourth-order valence-corrected chi connectivity index (χ4v) is 2.69. The molecule has 0 saturated carbocycles. The number of hydrogen-bond acceptors (Lipinski definition) is 5. The van der Waals surface area contributed by atoms with Crippen molar-refractivity contribution in [3.05, 3.63) is 17.7 Å². The first-order valence-corrected chi connectivity index (χ1v) is 7.31. The van der Waals surface area contributed by atoms with Gasteiger partial charge in [0.15, 0.2) is 21.3 Å². The Kier molecular flexibility index (Phi) is 4.59. The third kappa shape index (κ3) is 2.94. The zero-order valence-corrected chi connectivity index (χ0v) is 11.7. The minimum Gasteiger partial charge on any atom is -0.493 e. The van der Waals surface area contributed by atoms with Gasteiger partial charge in [-0.2, -0.15) is 0 Å². The molecule has 1 N–H and O–H groups in total. The van der Waals surface area contributed by atoms with Gasteiger partial charge in [-0.05, 0) is 11.6 Å². The van der Waals surface area contributed by atoms with Crippen LogP contribution in [0.3, 0.4) is 0 Å². The first kappa shape index (κ1) is 14.8. The number of methoxy groups -OCH3 is 2. The van der Waals surface area contributed by atoms with Crippen molar-refractivity contribution >= 4 is 9.84 Å². The molecule has 0 aliphatic rings. The zero-order valence-electron chi connectivity index (χ0n) is 10.9. The number of rotatable bonds is 5. The monoisotopic (exact) mass is 274 g/mol. The lowest BCUT2D eigenvalue weighted by molar-refractivity contribution is 0.271. The number of aliphatic hydroxyl groups is 1. The van der Waals surface area contributed by atoms with Crippen molar-refractivity contribution < 1.29 is 23.0 Å².